The van der Waals surface area contributed by atoms with Crippen LogP contribution in [0.5, 0.6) is 0 Å². The average Bonchev–Trinajstić information content (AvgIpc) is 3.13. The zero-order valence-corrected chi connectivity index (χ0v) is 20.5. The Balaban J connectivity index is 1.52. The highest BCUT2D eigenvalue weighted by Gasteiger charge is 2.23. The molecule has 1 N–H and O–H groups in total. The SMILES string of the molecule is CCCCN1CCCN(c2ccc3c(c2)nc(-c2c4cccccc-4[nH]c2=O)n3CCCF)CC1. The molecule has 6 nitrogen and oxygen atoms in total. The second-order valence-corrected chi connectivity index (χ2v) is 9.41. The maximum Gasteiger partial charge on any atom is 0.260 e. The summed E-state index contributed by atoms with van der Waals surface area (Å²) in [5.74, 6) is 0.606. The van der Waals surface area contributed by atoms with Gasteiger partial charge in [0, 0.05) is 43.1 Å². The Morgan fingerprint density at radius 3 is 2.74 bits per heavy atom. The van der Waals surface area contributed by atoms with Gasteiger partial charge < -0.3 is 19.4 Å². The molecule has 35 heavy (non-hydrogen) atoms. The fraction of sp³-hybridized carbons (Fsp3) is 0.429. The van der Waals surface area contributed by atoms with Crippen molar-refractivity contribution in [3.63, 3.8) is 0 Å². The minimum absolute atomic E-state index is 0.164. The smallest absolute Gasteiger partial charge is 0.260 e. The number of rotatable bonds is 8. The summed E-state index contributed by atoms with van der Waals surface area (Å²) in [6, 6.07) is 16.0. The van der Waals surface area contributed by atoms with Crippen LogP contribution in [0, 0.1) is 0 Å². The summed E-state index contributed by atoms with van der Waals surface area (Å²) in [6.07, 6.45) is 4.00. The van der Waals surface area contributed by atoms with Crippen LogP contribution in [-0.2, 0) is 6.54 Å². The minimum Gasteiger partial charge on any atom is -0.370 e. The van der Waals surface area contributed by atoms with E-state index in [2.05, 4.69) is 39.9 Å². The summed E-state index contributed by atoms with van der Waals surface area (Å²) < 4.78 is 15.2. The Morgan fingerprint density at radius 1 is 1.00 bits per heavy atom. The van der Waals surface area contributed by atoms with Crippen LogP contribution in [0.2, 0.25) is 0 Å². The van der Waals surface area contributed by atoms with Gasteiger partial charge in [0.2, 0.25) is 0 Å². The van der Waals surface area contributed by atoms with Gasteiger partial charge in [-0.2, -0.15) is 0 Å². The Labute approximate surface area is 205 Å². The van der Waals surface area contributed by atoms with Crippen molar-refractivity contribution in [3.8, 4) is 22.6 Å². The van der Waals surface area contributed by atoms with E-state index in [4.69, 9.17) is 4.98 Å². The molecule has 2 aliphatic heterocycles. The van der Waals surface area contributed by atoms with E-state index in [0.717, 1.165) is 60.6 Å². The normalized spacial score (nSPS) is 15.2. The second-order valence-electron chi connectivity index (χ2n) is 9.41. The molecule has 3 heterocycles. The van der Waals surface area contributed by atoms with Crippen molar-refractivity contribution in [2.45, 2.75) is 39.2 Å². The predicted octanol–water partition coefficient (Wildman–Crippen LogP) is 5.17. The number of nitrogens with zero attached hydrogens (tertiary/aromatic N) is 4. The second kappa shape index (κ2) is 10.6. The lowest BCUT2D eigenvalue weighted by molar-refractivity contribution is 0.289. The Hall–Kier alpha value is -3.19. The third kappa shape index (κ3) is 4.82. The van der Waals surface area contributed by atoms with Gasteiger partial charge in [-0.3, -0.25) is 9.18 Å². The number of hydrogen-bond donors (Lipinski definition) is 1. The number of anilines is 1. The number of aromatic amines is 1. The average molecular weight is 476 g/mol. The quantitative estimate of drug-likeness (QED) is 0.382. The van der Waals surface area contributed by atoms with Gasteiger partial charge in [0.15, 0.2) is 0 Å². The summed E-state index contributed by atoms with van der Waals surface area (Å²) in [5, 5.41) is 0. The first-order chi connectivity index (χ1) is 17.2. The summed E-state index contributed by atoms with van der Waals surface area (Å²) in [7, 11) is 0. The number of hydrogen-bond acceptors (Lipinski definition) is 4. The van der Waals surface area contributed by atoms with Gasteiger partial charge in [0.25, 0.3) is 5.56 Å². The molecule has 1 aliphatic carbocycles. The number of aromatic nitrogens is 3. The number of alkyl halides is 1. The molecule has 0 spiro atoms. The third-order valence-corrected chi connectivity index (χ3v) is 7.04. The molecule has 184 valence electrons. The Kier molecular flexibility index (Phi) is 7.13. The van der Waals surface area contributed by atoms with E-state index >= 15 is 0 Å². The van der Waals surface area contributed by atoms with Gasteiger partial charge in [-0.15, -0.1) is 0 Å². The molecule has 7 heteroatoms. The highest BCUT2D eigenvalue weighted by Crippen LogP contribution is 2.33. The topological polar surface area (TPSA) is 57.2 Å². The van der Waals surface area contributed by atoms with E-state index in [-0.39, 0.29) is 5.56 Å². The highest BCUT2D eigenvalue weighted by atomic mass is 19.1. The van der Waals surface area contributed by atoms with Gasteiger partial charge in [-0.25, -0.2) is 4.98 Å². The van der Waals surface area contributed by atoms with Gasteiger partial charge in [0.1, 0.15) is 5.82 Å². The molecule has 0 atom stereocenters. The molecule has 0 bridgehead atoms. The first kappa shape index (κ1) is 23.5. The summed E-state index contributed by atoms with van der Waals surface area (Å²) in [6.45, 7) is 7.71. The molecule has 1 aromatic carbocycles. The number of aryl methyl sites for hydroxylation is 1. The highest BCUT2D eigenvalue weighted by molar-refractivity contribution is 5.88. The first-order valence-electron chi connectivity index (χ1n) is 12.8. The number of nitrogens with one attached hydrogen (secondary N) is 1. The fourth-order valence-electron chi connectivity index (χ4n) is 5.19. The van der Waals surface area contributed by atoms with Crippen LogP contribution in [0.4, 0.5) is 10.1 Å². The summed E-state index contributed by atoms with van der Waals surface area (Å²) in [4.78, 5) is 25.9. The molecule has 2 aromatic rings. The van der Waals surface area contributed by atoms with E-state index in [0.29, 0.717) is 24.4 Å². The van der Waals surface area contributed by atoms with Crippen LogP contribution >= 0.6 is 0 Å². The van der Waals surface area contributed by atoms with Gasteiger partial charge in [-0.1, -0.05) is 37.6 Å². The fourth-order valence-corrected chi connectivity index (χ4v) is 5.19. The summed E-state index contributed by atoms with van der Waals surface area (Å²) >= 11 is 0. The van der Waals surface area contributed by atoms with Crippen molar-refractivity contribution in [1.82, 2.24) is 19.4 Å². The molecule has 1 fully saturated rings. The van der Waals surface area contributed by atoms with Crippen molar-refractivity contribution in [1.29, 1.82) is 0 Å². The standard InChI is InChI=1S/C28H34FN5O/c1-2-3-14-32-15-8-16-33(19-18-32)21-11-12-25-24(20-21)30-27(34(25)17-7-13-29)26-22-9-5-4-6-10-23(22)31-28(26)35/h4-6,9-12,20H,2-3,7-8,13-19H2,1H3,(H,31,35). The molecular formula is C28H34FN5O. The lowest BCUT2D eigenvalue weighted by Gasteiger charge is -2.23. The Bertz CT molecular complexity index is 1310. The molecule has 0 radical (unpaired) electrons. The third-order valence-electron chi connectivity index (χ3n) is 7.04. The first-order valence-corrected chi connectivity index (χ1v) is 12.8. The van der Waals surface area contributed by atoms with Gasteiger partial charge >= 0.3 is 0 Å². The molecule has 3 aliphatic rings. The van der Waals surface area contributed by atoms with E-state index < -0.39 is 6.67 Å². The lowest BCUT2D eigenvalue weighted by atomic mass is 10.1. The van der Waals surface area contributed by atoms with E-state index in [1.807, 2.05) is 34.9 Å². The van der Waals surface area contributed by atoms with Gasteiger partial charge in [0.05, 0.1) is 23.3 Å². The molecule has 1 saturated heterocycles. The lowest BCUT2D eigenvalue weighted by Crippen LogP contribution is -2.31. The largest absolute Gasteiger partial charge is 0.370 e. The van der Waals surface area contributed by atoms with Crippen LogP contribution in [-0.4, -0.2) is 58.8 Å². The number of H-pyrrole nitrogens is 1. The molecule has 1 aromatic heterocycles. The van der Waals surface area contributed by atoms with Crippen molar-refractivity contribution in [3.05, 3.63) is 58.9 Å². The minimum atomic E-state index is -0.410. The summed E-state index contributed by atoms with van der Waals surface area (Å²) in [5.41, 5.74) is 4.93. The maximum absolute atomic E-state index is 13.2. The number of imidazole rings is 1. The van der Waals surface area contributed by atoms with E-state index in [9.17, 15) is 9.18 Å². The van der Waals surface area contributed by atoms with Crippen LogP contribution in [0.25, 0.3) is 33.7 Å². The zero-order chi connectivity index (χ0) is 24.2. The maximum atomic E-state index is 13.2. The monoisotopic (exact) mass is 475 g/mol. The van der Waals surface area contributed by atoms with Crippen LogP contribution < -0.4 is 10.5 Å². The zero-order valence-electron chi connectivity index (χ0n) is 20.5. The number of unbranched alkanes of at least 4 members (excludes halogenated alkanes) is 1. The molecular weight excluding hydrogens is 441 g/mol. The van der Waals surface area contributed by atoms with Crippen molar-refractivity contribution in [2.24, 2.45) is 0 Å². The molecule has 0 amide bonds. The van der Waals surface area contributed by atoms with Crippen molar-refractivity contribution in [2.75, 3.05) is 44.3 Å². The number of fused-ring (bicyclic) bond motifs is 2. The van der Waals surface area contributed by atoms with E-state index in [1.165, 1.54) is 19.4 Å². The number of halogens is 1. The number of benzene rings is 1. The van der Waals surface area contributed by atoms with Crippen molar-refractivity contribution < 1.29 is 4.39 Å². The molecule has 0 saturated carbocycles. The Morgan fingerprint density at radius 2 is 1.89 bits per heavy atom. The van der Waals surface area contributed by atoms with Gasteiger partial charge in [-0.05, 0) is 56.6 Å². The van der Waals surface area contributed by atoms with Crippen LogP contribution in [0.3, 0.4) is 0 Å². The molecule has 5 rings (SSSR count). The predicted molar refractivity (Wildman–Crippen MR) is 141 cm³/mol. The van der Waals surface area contributed by atoms with Crippen molar-refractivity contribution >= 4 is 16.7 Å². The van der Waals surface area contributed by atoms with Crippen LogP contribution in [0.1, 0.15) is 32.6 Å². The van der Waals surface area contributed by atoms with E-state index in [1.54, 1.807) is 0 Å². The molecule has 0 unspecified atom stereocenters. The van der Waals surface area contributed by atoms with Crippen LogP contribution in [0.15, 0.2) is 53.3 Å².